The van der Waals surface area contributed by atoms with E-state index in [1.54, 1.807) is 0 Å². The van der Waals surface area contributed by atoms with Crippen LogP contribution in [0.2, 0.25) is 0 Å². The van der Waals surface area contributed by atoms with Crippen molar-refractivity contribution < 1.29 is 0 Å². The van der Waals surface area contributed by atoms with Gasteiger partial charge in [0.05, 0.1) is 22.1 Å². The van der Waals surface area contributed by atoms with Gasteiger partial charge in [0.1, 0.15) is 0 Å². The molecule has 3 heterocycles. The zero-order chi connectivity index (χ0) is 35.6. The van der Waals surface area contributed by atoms with Gasteiger partial charge in [-0.25, -0.2) is 15.0 Å². The van der Waals surface area contributed by atoms with Crippen molar-refractivity contribution in [3.8, 4) is 45.5 Å². The smallest absolute Gasteiger partial charge is 0.164 e. The van der Waals surface area contributed by atoms with Crippen LogP contribution in [-0.2, 0) is 0 Å². The van der Waals surface area contributed by atoms with Gasteiger partial charge in [0.25, 0.3) is 0 Å². The fraction of sp³-hybridized carbons (Fsp3) is 0. The number of hydrogen-bond donors (Lipinski definition) is 0. The first-order valence-electron chi connectivity index (χ1n) is 18.2. The Morgan fingerprint density at radius 1 is 0.296 bits per heavy atom. The number of nitrogens with zero attached hydrogens (tertiary/aromatic N) is 5. The minimum absolute atomic E-state index is 0.635. The van der Waals surface area contributed by atoms with Gasteiger partial charge in [-0.1, -0.05) is 140 Å². The second-order valence-corrected chi connectivity index (χ2v) is 13.7. The summed E-state index contributed by atoms with van der Waals surface area (Å²) in [6, 6.07) is 66.3. The lowest BCUT2D eigenvalue weighted by Crippen LogP contribution is -2.01. The van der Waals surface area contributed by atoms with Gasteiger partial charge in [-0.3, -0.25) is 0 Å². The SMILES string of the molecule is c1ccc(-c2nc(-c3ccccc3)nc(-c3ccc(-n4c5ccccc5c5ccc6c7ccccc7n(-c7ccc8ccccc8c7)c6c54)cc3)n2)cc1. The highest BCUT2D eigenvalue weighted by Crippen LogP contribution is 2.42. The fourth-order valence-corrected chi connectivity index (χ4v) is 8.05. The molecule has 0 N–H and O–H groups in total. The van der Waals surface area contributed by atoms with Crippen LogP contribution in [-0.4, -0.2) is 24.1 Å². The summed E-state index contributed by atoms with van der Waals surface area (Å²) in [6.07, 6.45) is 0. The topological polar surface area (TPSA) is 48.5 Å². The summed E-state index contributed by atoms with van der Waals surface area (Å²) in [5.74, 6) is 1.93. The third kappa shape index (κ3) is 4.76. The first-order valence-corrected chi connectivity index (χ1v) is 18.2. The third-order valence-electron chi connectivity index (χ3n) is 10.5. The number of fused-ring (bicyclic) bond motifs is 8. The summed E-state index contributed by atoms with van der Waals surface area (Å²) < 4.78 is 4.87. The van der Waals surface area contributed by atoms with Gasteiger partial charge in [-0.2, -0.15) is 0 Å². The van der Waals surface area contributed by atoms with Gasteiger partial charge < -0.3 is 9.13 Å². The molecule has 8 aromatic carbocycles. The largest absolute Gasteiger partial charge is 0.307 e. The molecule has 11 aromatic rings. The third-order valence-corrected chi connectivity index (χ3v) is 10.5. The molecule has 0 fully saturated rings. The summed E-state index contributed by atoms with van der Waals surface area (Å²) in [5.41, 5.74) is 9.71. The maximum atomic E-state index is 4.99. The maximum absolute atomic E-state index is 4.99. The second kappa shape index (κ2) is 12.1. The zero-order valence-electron chi connectivity index (χ0n) is 29.1. The molecule has 0 atom stereocenters. The average molecular weight is 690 g/mol. The van der Waals surface area contributed by atoms with Gasteiger partial charge in [0.15, 0.2) is 17.5 Å². The Hall–Kier alpha value is -7.37. The molecule has 5 heteroatoms. The summed E-state index contributed by atoms with van der Waals surface area (Å²) in [5, 5.41) is 7.32. The van der Waals surface area contributed by atoms with Crippen molar-refractivity contribution in [1.29, 1.82) is 0 Å². The van der Waals surface area contributed by atoms with Crippen molar-refractivity contribution in [1.82, 2.24) is 24.1 Å². The predicted octanol–water partition coefficient (Wildman–Crippen LogP) is 12.2. The van der Waals surface area contributed by atoms with E-state index < -0.39 is 0 Å². The molecule has 0 aliphatic heterocycles. The molecule has 0 aliphatic rings. The van der Waals surface area contributed by atoms with Crippen molar-refractivity contribution in [3.63, 3.8) is 0 Å². The van der Waals surface area contributed by atoms with Crippen LogP contribution in [0.5, 0.6) is 0 Å². The lowest BCUT2D eigenvalue weighted by molar-refractivity contribution is 1.07. The van der Waals surface area contributed by atoms with Crippen LogP contribution in [0, 0.1) is 0 Å². The summed E-state index contributed by atoms with van der Waals surface area (Å²) in [7, 11) is 0. The van der Waals surface area contributed by atoms with Crippen LogP contribution in [0.25, 0.3) is 99.9 Å². The van der Waals surface area contributed by atoms with E-state index in [2.05, 4.69) is 137 Å². The molecule has 54 heavy (non-hydrogen) atoms. The molecule has 5 nitrogen and oxygen atoms in total. The van der Waals surface area contributed by atoms with Crippen molar-refractivity contribution in [2.45, 2.75) is 0 Å². The standard InChI is InChI=1S/C49H31N5/c1-3-14-33(15-4-1)47-50-48(34-16-5-2-6-17-34)52-49(51-47)35-24-26-37(27-25-35)53-43-21-11-9-19-39(43)41-29-30-42-40-20-10-12-22-44(40)54(46(42)45(41)53)38-28-23-32-13-7-8-18-36(32)31-38/h1-31H. The van der Waals surface area contributed by atoms with E-state index in [0.29, 0.717) is 17.5 Å². The molecule has 0 saturated heterocycles. The van der Waals surface area contributed by atoms with Crippen molar-refractivity contribution >= 4 is 54.4 Å². The van der Waals surface area contributed by atoms with Crippen LogP contribution in [0.1, 0.15) is 0 Å². The molecule has 0 aliphatic carbocycles. The fourth-order valence-electron chi connectivity index (χ4n) is 8.05. The van der Waals surface area contributed by atoms with Crippen molar-refractivity contribution in [2.24, 2.45) is 0 Å². The highest BCUT2D eigenvalue weighted by Gasteiger charge is 2.21. The molecular weight excluding hydrogens is 659 g/mol. The number of rotatable bonds is 5. The van der Waals surface area contributed by atoms with E-state index in [-0.39, 0.29) is 0 Å². The zero-order valence-corrected chi connectivity index (χ0v) is 29.1. The normalized spacial score (nSPS) is 11.7. The van der Waals surface area contributed by atoms with Crippen molar-refractivity contribution in [3.05, 3.63) is 188 Å². The van der Waals surface area contributed by atoms with Gasteiger partial charge in [0, 0.05) is 49.6 Å². The van der Waals surface area contributed by atoms with Gasteiger partial charge in [-0.05, 0) is 59.3 Å². The molecule has 0 radical (unpaired) electrons. The second-order valence-electron chi connectivity index (χ2n) is 13.7. The summed E-state index contributed by atoms with van der Waals surface area (Å²) in [6.45, 7) is 0. The number of benzene rings is 8. The minimum atomic E-state index is 0.635. The molecule has 0 saturated carbocycles. The van der Waals surface area contributed by atoms with E-state index in [9.17, 15) is 0 Å². The minimum Gasteiger partial charge on any atom is -0.307 e. The van der Waals surface area contributed by atoms with E-state index >= 15 is 0 Å². The number of para-hydroxylation sites is 2. The van der Waals surface area contributed by atoms with Crippen LogP contribution >= 0.6 is 0 Å². The Balaban J connectivity index is 1.15. The Morgan fingerprint density at radius 2 is 0.722 bits per heavy atom. The Labute approximate surface area is 311 Å². The highest BCUT2D eigenvalue weighted by atomic mass is 15.1. The van der Waals surface area contributed by atoms with E-state index in [4.69, 9.17) is 15.0 Å². The average Bonchev–Trinajstić information content (AvgIpc) is 3.77. The molecule has 0 unspecified atom stereocenters. The lowest BCUT2D eigenvalue weighted by atomic mass is 10.1. The van der Waals surface area contributed by atoms with Crippen LogP contribution in [0.15, 0.2) is 188 Å². The first kappa shape index (κ1) is 30.3. The molecule has 3 aromatic heterocycles. The molecule has 0 amide bonds. The molecular formula is C49H31N5. The summed E-state index contributed by atoms with van der Waals surface area (Å²) in [4.78, 5) is 14.9. The maximum Gasteiger partial charge on any atom is 0.164 e. The highest BCUT2D eigenvalue weighted by molar-refractivity contribution is 6.23. The van der Waals surface area contributed by atoms with Gasteiger partial charge in [0.2, 0.25) is 0 Å². The monoisotopic (exact) mass is 689 g/mol. The van der Waals surface area contributed by atoms with Crippen molar-refractivity contribution in [2.75, 3.05) is 0 Å². The van der Waals surface area contributed by atoms with Crippen LogP contribution in [0.3, 0.4) is 0 Å². The van der Waals surface area contributed by atoms with E-state index in [1.165, 1.54) is 48.9 Å². The molecule has 0 bridgehead atoms. The van der Waals surface area contributed by atoms with Gasteiger partial charge in [-0.15, -0.1) is 0 Å². The lowest BCUT2D eigenvalue weighted by Gasteiger charge is -2.14. The molecule has 11 rings (SSSR count). The molecule has 0 spiro atoms. The quantitative estimate of drug-likeness (QED) is 0.181. The van der Waals surface area contributed by atoms with Gasteiger partial charge >= 0.3 is 0 Å². The van der Waals surface area contributed by atoms with E-state index in [1.807, 2.05) is 60.7 Å². The van der Waals surface area contributed by atoms with E-state index in [0.717, 1.165) is 33.6 Å². The Morgan fingerprint density at radius 3 is 1.28 bits per heavy atom. The molecule has 252 valence electrons. The van der Waals surface area contributed by atoms with Crippen LogP contribution in [0.4, 0.5) is 0 Å². The number of hydrogen-bond acceptors (Lipinski definition) is 3. The first-order chi connectivity index (χ1) is 26.8. The van der Waals surface area contributed by atoms with Crippen LogP contribution < -0.4 is 0 Å². The predicted molar refractivity (Wildman–Crippen MR) is 222 cm³/mol. The number of aromatic nitrogens is 5. The summed E-state index contributed by atoms with van der Waals surface area (Å²) >= 11 is 0. The Bertz CT molecular complexity index is 3140. The Kier molecular flexibility index (Phi) is 6.79.